The third-order valence-corrected chi connectivity index (χ3v) is 8.47. The van der Waals surface area contributed by atoms with E-state index in [4.69, 9.17) is 0 Å². The highest BCUT2D eigenvalue weighted by Crippen LogP contribution is 2.34. The monoisotopic (exact) mass is 515 g/mol. The van der Waals surface area contributed by atoms with E-state index in [1.807, 2.05) is 19.1 Å². The summed E-state index contributed by atoms with van der Waals surface area (Å²) in [4.78, 5) is 29.4. The number of sulfonamides is 1. The van der Waals surface area contributed by atoms with E-state index in [0.717, 1.165) is 43.9 Å². The summed E-state index contributed by atoms with van der Waals surface area (Å²) < 4.78 is 40.5. The quantitative estimate of drug-likeness (QED) is 0.602. The molecular weight excluding hydrogens is 481 g/mol. The smallest absolute Gasteiger partial charge is 0.248 e. The van der Waals surface area contributed by atoms with Gasteiger partial charge in [0.25, 0.3) is 0 Å². The summed E-state index contributed by atoms with van der Waals surface area (Å²) >= 11 is 0. The van der Waals surface area contributed by atoms with Crippen LogP contribution in [0.3, 0.4) is 0 Å². The normalized spacial score (nSPS) is 20.1. The number of halogens is 1. The van der Waals surface area contributed by atoms with Crippen molar-refractivity contribution in [1.29, 1.82) is 0 Å². The van der Waals surface area contributed by atoms with Crippen molar-refractivity contribution in [1.82, 2.24) is 9.62 Å². The van der Waals surface area contributed by atoms with Gasteiger partial charge >= 0.3 is 0 Å². The molecule has 36 heavy (non-hydrogen) atoms. The fourth-order valence-corrected chi connectivity index (χ4v) is 6.51. The molecule has 2 aromatic carbocycles. The molecule has 1 aliphatic carbocycles. The van der Waals surface area contributed by atoms with Crippen LogP contribution >= 0.6 is 0 Å². The number of nitrogens with zero attached hydrogens (tertiary/aromatic N) is 2. The number of benzene rings is 2. The van der Waals surface area contributed by atoms with E-state index in [0.29, 0.717) is 18.4 Å². The number of aryl methyl sites for hydroxylation is 1. The lowest BCUT2D eigenvalue weighted by Gasteiger charge is -2.36. The highest BCUT2D eigenvalue weighted by atomic mass is 32.2. The maximum atomic E-state index is 14.4. The summed E-state index contributed by atoms with van der Waals surface area (Å²) in [5.41, 5.74) is 1.64. The van der Waals surface area contributed by atoms with Gasteiger partial charge in [-0.1, -0.05) is 49.6 Å². The molecule has 0 unspecified atom stereocenters. The Morgan fingerprint density at radius 2 is 1.75 bits per heavy atom. The maximum absolute atomic E-state index is 14.4. The van der Waals surface area contributed by atoms with Gasteiger partial charge in [0.05, 0.1) is 6.26 Å². The van der Waals surface area contributed by atoms with Gasteiger partial charge in [-0.05, 0) is 61.9 Å². The zero-order chi connectivity index (χ0) is 25.9. The molecule has 2 aliphatic rings. The molecule has 0 aromatic heterocycles. The van der Waals surface area contributed by atoms with Gasteiger partial charge in [0.1, 0.15) is 17.9 Å². The Morgan fingerprint density at radius 3 is 2.42 bits per heavy atom. The van der Waals surface area contributed by atoms with E-state index in [1.165, 1.54) is 27.4 Å². The lowest BCUT2D eigenvalue weighted by molar-refractivity contribution is -0.128. The zero-order valence-corrected chi connectivity index (χ0v) is 21.6. The van der Waals surface area contributed by atoms with Gasteiger partial charge < -0.3 is 5.32 Å². The summed E-state index contributed by atoms with van der Waals surface area (Å²) in [5.74, 6) is -1.43. The van der Waals surface area contributed by atoms with E-state index in [2.05, 4.69) is 5.32 Å². The third-order valence-electron chi connectivity index (χ3n) is 7.18. The number of hydrogen-bond donors (Lipinski definition) is 1. The minimum Gasteiger partial charge on any atom is -0.351 e. The first-order valence-corrected chi connectivity index (χ1v) is 14.4. The van der Waals surface area contributed by atoms with Crippen LogP contribution in [0.1, 0.15) is 62.1 Å². The molecule has 1 saturated carbocycles. The van der Waals surface area contributed by atoms with Crippen LogP contribution in [0.5, 0.6) is 0 Å². The van der Waals surface area contributed by atoms with Crippen molar-refractivity contribution in [3.8, 4) is 0 Å². The summed E-state index contributed by atoms with van der Waals surface area (Å²) in [6, 6.07) is 10.8. The van der Waals surface area contributed by atoms with E-state index in [9.17, 15) is 22.4 Å². The van der Waals surface area contributed by atoms with Crippen LogP contribution in [-0.2, 0) is 19.6 Å². The molecule has 1 aliphatic heterocycles. The van der Waals surface area contributed by atoms with Crippen molar-refractivity contribution in [2.45, 2.75) is 70.0 Å². The number of rotatable bonds is 7. The summed E-state index contributed by atoms with van der Waals surface area (Å²) in [7, 11) is -3.65. The Hall–Kier alpha value is -2.78. The van der Waals surface area contributed by atoms with Gasteiger partial charge in [0, 0.05) is 18.3 Å². The van der Waals surface area contributed by atoms with Crippen LogP contribution in [-0.4, -0.2) is 49.4 Å². The predicted octanol–water partition coefficient (Wildman–Crippen LogP) is 4.08. The molecule has 0 spiro atoms. The molecule has 4 rings (SSSR count). The van der Waals surface area contributed by atoms with Gasteiger partial charge in [-0.25, -0.2) is 12.8 Å². The molecule has 0 bridgehead atoms. The standard InChI is InChI=1S/C27H34FN3O4S/c1-19-10-6-7-15-23(19)25(26(32)29-21-12-4-3-5-13-21)31(22-14-8-11-20(28)18-22)27(33)24-16-9-17-30(24)36(2,34)35/h6-8,10-11,14-15,18,21,24-25H,3-5,9,12-13,16-17H2,1-2H3,(H,29,32)/t24-,25-/m0/s1. The molecule has 2 amide bonds. The van der Waals surface area contributed by atoms with Gasteiger partial charge in [-0.3, -0.25) is 14.5 Å². The van der Waals surface area contributed by atoms with Gasteiger partial charge in [-0.15, -0.1) is 0 Å². The third kappa shape index (κ3) is 5.78. The molecular formula is C27H34FN3O4S. The first-order valence-electron chi connectivity index (χ1n) is 12.6. The fourth-order valence-electron chi connectivity index (χ4n) is 5.39. The Labute approximate surface area is 212 Å². The second-order valence-corrected chi connectivity index (χ2v) is 11.8. The average molecular weight is 516 g/mol. The lowest BCUT2D eigenvalue weighted by Crippen LogP contribution is -2.53. The first-order chi connectivity index (χ1) is 17.2. The van der Waals surface area contributed by atoms with E-state index in [-0.39, 0.29) is 24.2 Å². The van der Waals surface area contributed by atoms with E-state index >= 15 is 0 Å². The number of amides is 2. The maximum Gasteiger partial charge on any atom is 0.248 e. The van der Waals surface area contributed by atoms with Crippen LogP contribution in [0.25, 0.3) is 0 Å². The highest BCUT2D eigenvalue weighted by Gasteiger charge is 2.43. The van der Waals surface area contributed by atoms with Crippen molar-refractivity contribution < 1.29 is 22.4 Å². The van der Waals surface area contributed by atoms with Crippen molar-refractivity contribution >= 4 is 27.5 Å². The second kappa shape index (κ2) is 11.1. The van der Waals surface area contributed by atoms with Gasteiger partial charge in [0.2, 0.25) is 21.8 Å². The number of carbonyl (C=O) groups is 2. The molecule has 2 atom stereocenters. The molecule has 7 nitrogen and oxygen atoms in total. The fraction of sp³-hybridized carbons (Fsp3) is 0.481. The Balaban J connectivity index is 1.82. The molecule has 9 heteroatoms. The largest absolute Gasteiger partial charge is 0.351 e. The zero-order valence-electron chi connectivity index (χ0n) is 20.8. The lowest BCUT2D eigenvalue weighted by atomic mass is 9.93. The van der Waals surface area contributed by atoms with Crippen LogP contribution in [0.15, 0.2) is 48.5 Å². The SMILES string of the molecule is Cc1ccccc1[C@@H](C(=O)NC1CCCCC1)N(C(=O)[C@@H]1CCCN1S(C)(=O)=O)c1cccc(F)c1. The molecule has 1 saturated heterocycles. The summed E-state index contributed by atoms with van der Waals surface area (Å²) in [6.07, 6.45) is 6.86. The number of nitrogens with one attached hydrogen (secondary N) is 1. The van der Waals surface area contributed by atoms with Gasteiger partial charge in [-0.2, -0.15) is 4.31 Å². The molecule has 0 radical (unpaired) electrons. The predicted molar refractivity (Wildman–Crippen MR) is 137 cm³/mol. The van der Waals surface area contributed by atoms with Crippen molar-refractivity contribution in [2.75, 3.05) is 17.7 Å². The Kier molecular flexibility index (Phi) is 8.10. The van der Waals surface area contributed by atoms with E-state index in [1.54, 1.807) is 18.2 Å². The van der Waals surface area contributed by atoms with Crippen LogP contribution in [0.2, 0.25) is 0 Å². The minimum absolute atomic E-state index is 0.00114. The second-order valence-electron chi connectivity index (χ2n) is 9.82. The van der Waals surface area contributed by atoms with Crippen molar-refractivity contribution in [3.05, 3.63) is 65.5 Å². The highest BCUT2D eigenvalue weighted by molar-refractivity contribution is 7.88. The summed E-state index contributed by atoms with van der Waals surface area (Å²) in [6.45, 7) is 2.10. The first kappa shape index (κ1) is 26.3. The molecule has 2 aromatic rings. The Bertz CT molecular complexity index is 1210. The molecule has 194 valence electrons. The topological polar surface area (TPSA) is 86.8 Å². The van der Waals surface area contributed by atoms with Crippen molar-refractivity contribution in [2.24, 2.45) is 0 Å². The summed E-state index contributed by atoms with van der Waals surface area (Å²) in [5, 5.41) is 3.14. The molecule has 1 heterocycles. The number of hydrogen-bond acceptors (Lipinski definition) is 4. The van der Waals surface area contributed by atoms with E-state index < -0.39 is 33.8 Å². The Morgan fingerprint density at radius 1 is 1.03 bits per heavy atom. The minimum atomic E-state index is -3.65. The van der Waals surface area contributed by atoms with Gasteiger partial charge in [0.15, 0.2) is 0 Å². The van der Waals surface area contributed by atoms with Crippen LogP contribution in [0, 0.1) is 12.7 Å². The van der Waals surface area contributed by atoms with Crippen molar-refractivity contribution in [3.63, 3.8) is 0 Å². The van der Waals surface area contributed by atoms with Crippen LogP contribution in [0.4, 0.5) is 10.1 Å². The molecule has 1 N–H and O–H groups in total. The van der Waals surface area contributed by atoms with Crippen LogP contribution < -0.4 is 10.2 Å². The number of anilines is 1. The average Bonchev–Trinajstić information content (AvgIpc) is 3.34. The molecule has 2 fully saturated rings. The number of carbonyl (C=O) groups excluding carboxylic acids is 2.